The Kier molecular flexibility index (Phi) is 4.15. The first-order valence-electron chi connectivity index (χ1n) is 5.35. The summed E-state index contributed by atoms with van der Waals surface area (Å²) < 4.78 is 13.1. The quantitative estimate of drug-likeness (QED) is 0.883. The molecule has 0 fully saturated rings. The Morgan fingerprint density at radius 1 is 1.41 bits per heavy atom. The normalized spacial score (nSPS) is 12.6. The smallest absolute Gasteiger partial charge is 0.141 e. The van der Waals surface area contributed by atoms with E-state index in [0.717, 1.165) is 12.0 Å². The SMILES string of the molecule is CNC(Cc1cccs1)c1ccc(F)c(Cl)c1. The highest BCUT2D eigenvalue weighted by molar-refractivity contribution is 7.09. The highest BCUT2D eigenvalue weighted by Crippen LogP contribution is 2.24. The number of hydrogen-bond donors (Lipinski definition) is 1. The Bertz CT molecular complexity index is 484. The van der Waals surface area contributed by atoms with Gasteiger partial charge in [0.2, 0.25) is 0 Å². The van der Waals surface area contributed by atoms with E-state index in [1.54, 1.807) is 23.5 Å². The van der Waals surface area contributed by atoms with Gasteiger partial charge < -0.3 is 5.32 Å². The molecule has 1 heterocycles. The molecule has 2 rings (SSSR count). The number of nitrogens with one attached hydrogen (secondary N) is 1. The van der Waals surface area contributed by atoms with Crippen LogP contribution in [0.2, 0.25) is 5.02 Å². The van der Waals surface area contributed by atoms with Crippen LogP contribution in [0.3, 0.4) is 0 Å². The van der Waals surface area contributed by atoms with E-state index >= 15 is 0 Å². The number of hydrogen-bond acceptors (Lipinski definition) is 2. The molecule has 17 heavy (non-hydrogen) atoms. The standard InChI is InChI=1S/C13H13ClFNS/c1-16-13(8-10-3-2-6-17-10)9-4-5-12(15)11(14)7-9/h2-7,13,16H,8H2,1H3. The molecule has 0 saturated carbocycles. The number of halogens is 2. The lowest BCUT2D eigenvalue weighted by Gasteiger charge is -2.16. The topological polar surface area (TPSA) is 12.0 Å². The third-order valence-corrected chi connectivity index (χ3v) is 3.87. The second-order valence-electron chi connectivity index (χ2n) is 3.80. The van der Waals surface area contributed by atoms with Crippen molar-refractivity contribution in [3.05, 3.63) is 57.0 Å². The van der Waals surface area contributed by atoms with Gasteiger partial charge in [-0.15, -0.1) is 11.3 Å². The summed E-state index contributed by atoms with van der Waals surface area (Å²) in [6, 6.07) is 9.16. The van der Waals surface area contributed by atoms with Crippen molar-refractivity contribution >= 4 is 22.9 Å². The van der Waals surface area contributed by atoms with Crippen molar-refractivity contribution in [2.75, 3.05) is 7.05 Å². The van der Waals surface area contributed by atoms with Crippen LogP contribution in [-0.2, 0) is 6.42 Å². The van der Waals surface area contributed by atoms with Gasteiger partial charge in [0.05, 0.1) is 5.02 Å². The first-order valence-corrected chi connectivity index (χ1v) is 6.61. The fourth-order valence-corrected chi connectivity index (χ4v) is 2.69. The van der Waals surface area contributed by atoms with Crippen LogP contribution in [-0.4, -0.2) is 7.05 Å². The molecular formula is C13H13ClFNS. The molecular weight excluding hydrogens is 257 g/mol. The summed E-state index contributed by atoms with van der Waals surface area (Å²) in [4.78, 5) is 1.30. The molecule has 0 aliphatic rings. The van der Waals surface area contributed by atoms with Crippen LogP contribution in [0, 0.1) is 5.82 Å². The Morgan fingerprint density at radius 2 is 2.24 bits per heavy atom. The van der Waals surface area contributed by atoms with Gasteiger partial charge in [-0.2, -0.15) is 0 Å². The summed E-state index contributed by atoms with van der Waals surface area (Å²) in [5.41, 5.74) is 1.01. The number of rotatable bonds is 4. The zero-order valence-electron chi connectivity index (χ0n) is 9.41. The van der Waals surface area contributed by atoms with Crippen LogP contribution in [0.1, 0.15) is 16.5 Å². The third-order valence-electron chi connectivity index (χ3n) is 2.68. The van der Waals surface area contributed by atoms with Crippen molar-refractivity contribution in [3.63, 3.8) is 0 Å². The predicted octanol–water partition coefficient (Wildman–Crippen LogP) is 4.04. The van der Waals surface area contributed by atoms with Crippen molar-refractivity contribution in [1.82, 2.24) is 5.32 Å². The van der Waals surface area contributed by atoms with Gasteiger partial charge in [0, 0.05) is 17.3 Å². The van der Waals surface area contributed by atoms with E-state index in [-0.39, 0.29) is 16.9 Å². The minimum Gasteiger partial charge on any atom is -0.313 e. The van der Waals surface area contributed by atoms with E-state index in [1.165, 1.54) is 10.9 Å². The monoisotopic (exact) mass is 269 g/mol. The zero-order valence-corrected chi connectivity index (χ0v) is 11.0. The second kappa shape index (κ2) is 5.63. The average molecular weight is 270 g/mol. The molecule has 1 N–H and O–H groups in total. The molecule has 0 aliphatic heterocycles. The van der Waals surface area contributed by atoms with Gasteiger partial charge >= 0.3 is 0 Å². The minimum atomic E-state index is -0.374. The third kappa shape index (κ3) is 3.06. The summed E-state index contributed by atoms with van der Waals surface area (Å²) in [5.74, 6) is -0.374. The van der Waals surface area contributed by atoms with E-state index in [2.05, 4.69) is 16.8 Å². The summed E-state index contributed by atoms with van der Waals surface area (Å²) in [7, 11) is 1.90. The molecule has 1 unspecified atom stereocenters. The minimum absolute atomic E-state index is 0.159. The molecule has 1 atom stereocenters. The lowest BCUT2D eigenvalue weighted by atomic mass is 10.0. The molecule has 0 aliphatic carbocycles. The molecule has 0 spiro atoms. The van der Waals surface area contributed by atoms with Gasteiger partial charge in [0.1, 0.15) is 5.82 Å². The first kappa shape index (κ1) is 12.6. The largest absolute Gasteiger partial charge is 0.313 e. The Morgan fingerprint density at radius 3 is 2.82 bits per heavy atom. The lowest BCUT2D eigenvalue weighted by molar-refractivity contribution is 0.590. The highest BCUT2D eigenvalue weighted by Gasteiger charge is 2.12. The number of benzene rings is 1. The van der Waals surface area contributed by atoms with E-state index in [1.807, 2.05) is 13.1 Å². The summed E-state index contributed by atoms with van der Waals surface area (Å²) in [5, 5.41) is 5.46. The van der Waals surface area contributed by atoms with Crippen LogP contribution in [0.5, 0.6) is 0 Å². The van der Waals surface area contributed by atoms with Crippen LogP contribution in [0.15, 0.2) is 35.7 Å². The molecule has 4 heteroatoms. The lowest BCUT2D eigenvalue weighted by Crippen LogP contribution is -2.18. The van der Waals surface area contributed by atoms with Gasteiger partial charge in [-0.05, 0) is 36.2 Å². The predicted molar refractivity (Wildman–Crippen MR) is 71.2 cm³/mol. The maximum absolute atomic E-state index is 13.1. The fraction of sp³-hybridized carbons (Fsp3) is 0.231. The highest BCUT2D eigenvalue weighted by atomic mass is 35.5. The van der Waals surface area contributed by atoms with Gasteiger partial charge in [0.15, 0.2) is 0 Å². The van der Waals surface area contributed by atoms with E-state index in [4.69, 9.17) is 11.6 Å². The van der Waals surface area contributed by atoms with Crippen LogP contribution >= 0.6 is 22.9 Å². The molecule has 0 saturated heterocycles. The molecule has 0 radical (unpaired) electrons. The Hall–Kier alpha value is -0.900. The van der Waals surface area contributed by atoms with Crippen LogP contribution in [0.25, 0.3) is 0 Å². The molecule has 1 aromatic heterocycles. The second-order valence-corrected chi connectivity index (χ2v) is 5.24. The van der Waals surface area contributed by atoms with Gasteiger partial charge in [-0.3, -0.25) is 0 Å². The first-order chi connectivity index (χ1) is 8.20. The maximum atomic E-state index is 13.1. The zero-order chi connectivity index (χ0) is 12.3. The van der Waals surface area contributed by atoms with Crippen LogP contribution in [0.4, 0.5) is 4.39 Å². The molecule has 0 bridgehead atoms. The molecule has 0 amide bonds. The fourth-order valence-electron chi connectivity index (χ4n) is 1.75. The van der Waals surface area contributed by atoms with E-state index in [9.17, 15) is 4.39 Å². The van der Waals surface area contributed by atoms with Gasteiger partial charge in [0.25, 0.3) is 0 Å². The maximum Gasteiger partial charge on any atom is 0.141 e. The Labute approximate surface area is 109 Å². The molecule has 2 aromatic rings. The van der Waals surface area contributed by atoms with Gasteiger partial charge in [-0.25, -0.2) is 4.39 Å². The molecule has 1 nitrogen and oxygen atoms in total. The van der Waals surface area contributed by atoms with Crippen molar-refractivity contribution in [1.29, 1.82) is 0 Å². The van der Waals surface area contributed by atoms with Crippen molar-refractivity contribution < 1.29 is 4.39 Å². The molecule has 1 aromatic carbocycles. The van der Waals surface area contributed by atoms with Crippen molar-refractivity contribution in [3.8, 4) is 0 Å². The van der Waals surface area contributed by atoms with Gasteiger partial charge in [-0.1, -0.05) is 23.7 Å². The van der Waals surface area contributed by atoms with E-state index < -0.39 is 0 Å². The summed E-state index contributed by atoms with van der Waals surface area (Å²) in [6.07, 6.45) is 0.885. The summed E-state index contributed by atoms with van der Waals surface area (Å²) >= 11 is 7.52. The van der Waals surface area contributed by atoms with Crippen LogP contribution < -0.4 is 5.32 Å². The molecule has 90 valence electrons. The summed E-state index contributed by atoms with van der Waals surface area (Å²) in [6.45, 7) is 0. The number of thiophene rings is 1. The number of likely N-dealkylation sites (N-methyl/N-ethyl adjacent to an activating group) is 1. The van der Waals surface area contributed by atoms with Crippen molar-refractivity contribution in [2.24, 2.45) is 0 Å². The van der Waals surface area contributed by atoms with E-state index in [0.29, 0.717) is 0 Å². The average Bonchev–Trinajstić information content (AvgIpc) is 2.82. The Balaban J connectivity index is 2.20. The van der Waals surface area contributed by atoms with Crippen molar-refractivity contribution in [2.45, 2.75) is 12.5 Å².